The largest absolute Gasteiger partial charge is 0.329 e. The van der Waals surface area contributed by atoms with Crippen LogP contribution in [0.15, 0.2) is 40.2 Å². The molecular formula is C16H19BrN2S. The zero-order chi connectivity index (χ0) is 14.1. The quantitative estimate of drug-likeness (QED) is 0.901. The van der Waals surface area contributed by atoms with Crippen LogP contribution < -0.4 is 5.73 Å². The van der Waals surface area contributed by atoms with Crippen LogP contribution in [-0.4, -0.2) is 18.0 Å². The molecule has 0 saturated carbocycles. The van der Waals surface area contributed by atoms with E-state index in [1.54, 1.807) is 4.88 Å². The number of fused-ring (bicyclic) bond motifs is 1. The molecule has 3 rings (SSSR count). The normalized spacial score (nSPS) is 20.6. The van der Waals surface area contributed by atoms with Gasteiger partial charge in [0.15, 0.2) is 0 Å². The van der Waals surface area contributed by atoms with E-state index in [1.165, 1.54) is 11.1 Å². The Morgan fingerprint density at radius 1 is 1.35 bits per heavy atom. The predicted octanol–water partition coefficient (Wildman–Crippen LogP) is 4.13. The molecule has 1 aromatic carbocycles. The van der Waals surface area contributed by atoms with Crippen molar-refractivity contribution in [2.24, 2.45) is 5.73 Å². The summed E-state index contributed by atoms with van der Waals surface area (Å²) < 4.78 is 1.11. The van der Waals surface area contributed by atoms with Crippen LogP contribution in [0.4, 0.5) is 0 Å². The van der Waals surface area contributed by atoms with Crippen molar-refractivity contribution in [3.05, 3.63) is 56.2 Å². The lowest BCUT2D eigenvalue weighted by Gasteiger charge is -2.39. The summed E-state index contributed by atoms with van der Waals surface area (Å²) in [5.74, 6) is 0. The van der Waals surface area contributed by atoms with E-state index in [4.69, 9.17) is 5.73 Å². The highest BCUT2D eigenvalue weighted by Gasteiger charge is 2.30. The van der Waals surface area contributed by atoms with Gasteiger partial charge < -0.3 is 5.73 Å². The van der Waals surface area contributed by atoms with E-state index in [9.17, 15) is 0 Å². The van der Waals surface area contributed by atoms with Crippen molar-refractivity contribution in [3.63, 3.8) is 0 Å². The van der Waals surface area contributed by atoms with Gasteiger partial charge in [0.05, 0.1) is 0 Å². The zero-order valence-electron chi connectivity index (χ0n) is 11.6. The summed E-state index contributed by atoms with van der Waals surface area (Å²) in [6.07, 6.45) is 1.14. The fourth-order valence-corrected chi connectivity index (χ4v) is 4.33. The molecule has 2 aromatic rings. The van der Waals surface area contributed by atoms with E-state index in [0.717, 1.165) is 17.4 Å². The van der Waals surface area contributed by atoms with Gasteiger partial charge in [0.1, 0.15) is 0 Å². The molecule has 4 heteroatoms. The Labute approximate surface area is 132 Å². The van der Waals surface area contributed by atoms with Crippen molar-refractivity contribution in [1.82, 2.24) is 4.90 Å². The molecule has 1 aromatic heterocycles. The smallest absolute Gasteiger partial charge is 0.0476 e. The molecule has 2 unspecified atom stereocenters. The molecule has 2 nitrogen and oxygen atoms in total. The van der Waals surface area contributed by atoms with Gasteiger partial charge in [-0.1, -0.05) is 28.1 Å². The summed E-state index contributed by atoms with van der Waals surface area (Å²) in [7, 11) is 0. The van der Waals surface area contributed by atoms with E-state index in [1.807, 2.05) is 11.3 Å². The molecule has 0 fully saturated rings. The van der Waals surface area contributed by atoms with E-state index in [2.05, 4.69) is 63.5 Å². The fraction of sp³-hybridized carbons (Fsp3) is 0.375. The third-order valence-corrected chi connectivity index (χ3v) is 5.73. The Kier molecular flexibility index (Phi) is 4.26. The summed E-state index contributed by atoms with van der Waals surface area (Å²) >= 11 is 5.38. The van der Waals surface area contributed by atoms with Crippen LogP contribution in [0.1, 0.15) is 35.0 Å². The van der Waals surface area contributed by atoms with Crippen LogP contribution in [0, 0.1) is 0 Å². The Morgan fingerprint density at radius 2 is 2.10 bits per heavy atom. The van der Waals surface area contributed by atoms with Crippen LogP contribution in [0.3, 0.4) is 0 Å². The van der Waals surface area contributed by atoms with Gasteiger partial charge in [0, 0.05) is 34.5 Å². The van der Waals surface area contributed by atoms with Gasteiger partial charge in [-0.2, -0.15) is 0 Å². The Morgan fingerprint density at radius 3 is 2.80 bits per heavy atom. The van der Waals surface area contributed by atoms with Crippen LogP contribution in [0.5, 0.6) is 0 Å². The molecule has 0 bridgehead atoms. The SMILES string of the molecule is CC1c2ccsc2CCN1C(CN)c1ccc(Br)cc1. The lowest BCUT2D eigenvalue weighted by Crippen LogP contribution is -2.39. The van der Waals surface area contributed by atoms with Gasteiger partial charge in [-0.05, 0) is 48.1 Å². The van der Waals surface area contributed by atoms with Crippen molar-refractivity contribution >= 4 is 27.3 Å². The van der Waals surface area contributed by atoms with Crippen LogP contribution in [0.2, 0.25) is 0 Å². The molecule has 2 N–H and O–H groups in total. The molecule has 0 amide bonds. The number of rotatable bonds is 3. The van der Waals surface area contributed by atoms with E-state index in [0.29, 0.717) is 18.6 Å². The fourth-order valence-electron chi connectivity index (χ4n) is 3.10. The second-order valence-corrected chi connectivity index (χ2v) is 7.18. The summed E-state index contributed by atoms with van der Waals surface area (Å²) in [4.78, 5) is 4.08. The number of benzene rings is 1. The van der Waals surface area contributed by atoms with Gasteiger partial charge in [-0.3, -0.25) is 4.90 Å². The minimum Gasteiger partial charge on any atom is -0.329 e. The van der Waals surface area contributed by atoms with Gasteiger partial charge >= 0.3 is 0 Å². The molecule has 1 aliphatic heterocycles. The first-order chi connectivity index (χ1) is 9.70. The van der Waals surface area contributed by atoms with E-state index < -0.39 is 0 Å². The molecule has 106 valence electrons. The van der Waals surface area contributed by atoms with Crippen molar-refractivity contribution < 1.29 is 0 Å². The molecule has 20 heavy (non-hydrogen) atoms. The summed E-state index contributed by atoms with van der Waals surface area (Å²) in [6, 6.07) is 11.6. The van der Waals surface area contributed by atoms with Crippen LogP contribution >= 0.6 is 27.3 Å². The maximum atomic E-state index is 6.08. The van der Waals surface area contributed by atoms with Crippen molar-refractivity contribution in [2.75, 3.05) is 13.1 Å². The highest BCUT2D eigenvalue weighted by molar-refractivity contribution is 9.10. The van der Waals surface area contributed by atoms with Crippen LogP contribution in [0.25, 0.3) is 0 Å². The van der Waals surface area contributed by atoms with Crippen molar-refractivity contribution in [3.8, 4) is 0 Å². The average Bonchev–Trinajstić information content (AvgIpc) is 2.93. The van der Waals surface area contributed by atoms with E-state index >= 15 is 0 Å². The lowest BCUT2D eigenvalue weighted by molar-refractivity contribution is 0.138. The van der Waals surface area contributed by atoms with Crippen molar-refractivity contribution in [1.29, 1.82) is 0 Å². The lowest BCUT2D eigenvalue weighted by atomic mass is 9.96. The number of hydrogen-bond donors (Lipinski definition) is 1. The third-order valence-electron chi connectivity index (χ3n) is 4.20. The predicted molar refractivity (Wildman–Crippen MR) is 89.1 cm³/mol. The first-order valence-corrected chi connectivity index (χ1v) is 8.65. The molecule has 0 spiro atoms. The molecule has 0 saturated heterocycles. The minimum atomic E-state index is 0.297. The number of halogens is 1. The maximum absolute atomic E-state index is 6.08. The molecular weight excluding hydrogens is 332 g/mol. The van der Waals surface area contributed by atoms with Crippen LogP contribution in [-0.2, 0) is 6.42 Å². The first kappa shape index (κ1) is 14.3. The topological polar surface area (TPSA) is 29.3 Å². The van der Waals surface area contributed by atoms with Crippen molar-refractivity contribution in [2.45, 2.75) is 25.4 Å². The minimum absolute atomic E-state index is 0.297. The monoisotopic (exact) mass is 350 g/mol. The Balaban J connectivity index is 1.89. The highest BCUT2D eigenvalue weighted by Crippen LogP contribution is 2.37. The molecule has 0 aliphatic carbocycles. The van der Waals surface area contributed by atoms with Gasteiger partial charge in [-0.25, -0.2) is 0 Å². The first-order valence-electron chi connectivity index (χ1n) is 6.98. The van der Waals surface area contributed by atoms with Gasteiger partial charge in [0.25, 0.3) is 0 Å². The van der Waals surface area contributed by atoms with Gasteiger partial charge in [0.2, 0.25) is 0 Å². The molecule has 2 heterocycles. The summed E-state index contributed by atoms with van der Waals surface area (Å²) in [6.45, 7) is 4.05. The Hall–Kier alpha value is -0.680. The summed E-state index contributed by atoms with van der Waals surface area (Å²) in [5.41, 5.74) is 8.87. The average molecular weight is 351 g/mol. The number of nitrogens with zero attached hydrogens (tertiary/aromatic N) is 1. The number of nitrogens with two attached hydrogens (primary N) is 1. The molecule has 2 atom stereocenters. The third kappa shape index (κ3) is 2.58. The standard InChI is InChI=1S/C16H19BrN2S/c1-11-14-7-9-20-16(14)6-8-19(11)15(10-18)12-2-4-13(17)5-3-12/h2-5,7,9,11,15H,6,8,10,18H2,1H3. The second kappa shape index (κ2) is 5.98. The number of thiophene rings is 1. The van der Waals surface area contributed by atoms with E-state index in [-0.39, 0.29) is 0 Å². The highest BCUT2D eigenvalue weighted by atomic mass is 79.9. The zero-order valence-corrected chi connectivity index (χ0v) is 14.0. The Bertz CT molecular complexity index is 578. The maximum Gasteiger partial charge on any atom is 0.0476 e. The number of hydrogen-bond acceptors (Lipinski definition) is 3. The summed E-state index contributed by atoms with van der Waals surface area (Å²) in [5, 5.41) is 2.21. The molecule has 0 radical (unpaired) electrons. The molecule has 1 aliphatic rings. The van der Waals surface area contributed by atoms with Gasteiger partial charge in [-0.15, -0.1) is 11.3 Å². The second-order valence-electron chi connectivity index (χ2n) is 5.27.